The summed E-state index contributed by atoms with van der Waals surface area (Å²) in [6.07, 6.45) is 3.42. The Bertz CT molecular complexity index is 986. The number of nitrogens with one attached hydrogen (secondary N) is 1. The van der Waals surface area contributed by atoms with E-state index in [0.717, 1.165) is 15.4 Å². The number of ether oxygens (including phenoxy) is 2. The molecule has 1 aromatic heterocycles. The van der Waals surface area contributed by atoms with E-state index < -0.39 is 22.0 Å². The van der Waals surface area contributed by atoms with Crippen molar-refractivity contribution in [1.82, 2.24) is 9.29 Å². The first kappa shape index (κ1) is 20.1. The highest BCUT2D eigenvalue weighted by Crippen LogP contribution is 2.35. The van der Waals surface area contributed by atoms with Gasteiger partial charge in [0.1, 0.15) is 22.4 Å². The fourth-order valence-electron chi connectivity index (χ4n) is 3.14. The summed E-state index contributed by atoms with van der Waals surface area (Å²) in [6, 6.07) is 3.82. The highest BCUT2D eigenvalue weighted by molar-refractivity contribution is 7.89. The third-order valence-electron chi connectivity index (χ3n) is 4.63. The molecule has 28 heavy (non-hydrogen) atoms. The van der Waals surface area contributed by atoms with Gasteiger partial charge in [0.25, 0.3) is 0 Å². The van der Waals surface area contributed by atoms with Gasteiger partial charge >= 0.3 is 5.97 Å². The fourth-order valence-corrected chi connectivity index (χ4v) is 4.88. The third-order valence-corrected chi connectivity index (χ3v) is 6.66. The van der Waals surface area contributed by atoms with E-state index in [1.54, 1.807) is 24.5 Å². The molecule has 0 unspecified atom stereocenters. The number of pyridine rings is 1. The highest BCUT2D eigenvalue weighted by atomic mass is 32.2. The van der Waals surface area contributed by atoms with E-state index in [-0.39, 0.29) is 11.4 Å². The van der Waals surface area contributed by atoms with E-state index in [1.807, 2.05) is 13.8 Å². The number of nitrogens with zero attached hydrogens (tertiary/aromatic N) is 2. The summed E-state index contributed by atoms with van der Waals surface area (Å²) in [7, 11) is -2.64. The number of methoxy groups -OCH3 is 1. The SMILES string of the molecule is COC(=O)[C@@H](C)N1CCNc2cc(Oc3c(C)cncc3C)ccc2S1(=O)=O. The van der Waals surface area contributed by atoms with Crippen molar-refractivity contribution in [3.8, 4) is 11.5 Å². The topological polar surface area (TPSA) is 97.8 Å². The minimum atomic E-state index is -3.88. The molecule has 2 aromatic rings. The fraction of sp³-hybridized carbons (Fsp3) is 0.368. The summed E-state index contributed by atoms with van der Waals surface area (Å²) in [5.41, 5.74) is 2.20. The van der Waals surface area contributed by atoms with Crippen molar-refractivity contribution >= 4 is 21.7 Å². The highest BCUT2D eigenvalue weighted by Gasteiger charge is 2.36. The van der Waals surface area contributed by atoms with Gasteiger partial charge in [-0.3, -0.25) is 9.78 Å². The maximum absolute atomic E-state index is 13.1. The molecule has 150 valence electrons. The number of hydrogen-bond donors (Lipinski definition) is 1. The number of fused-ring (bicyclic) bond motifs is 1. The van der Waals surface area contributed by atoms with Crippen molar-refractivity contribution in [2.24, 2.45) is 0 Å². The Morgan fingerprint density at radius 3 is 2.57 bits per heavy atom. The van der Waals surface area contributed by atoms with Crippen molar-refractivity contribution < 1.29 is 22.7 Å². The molecule has 8 nitrogen and oxygen atoms in total. The molecule has 1 atom stereocenters. The van der Waals surface area contributed by atoms with Crippen LogP contribution in [0.25, 0.3) is 0 Å². The van der Waals surface area contributed by atoms with Gasteiger partial charge in [-0.2, -0.15) is 4.31 Å². The molecule has 1 aliphatic heterocycles. The first-order chi connectivity index (χ1) is 13.3. The van der Waals surface area contributed by atoms with Crippen LogP contribution in [0, 0.1) is 13.8 Å². The summed E-state index contributed by atoms with van der Waals surface area (Å²) in [6.45, 7) is 5.80. The van der Waals surface area contributed by atoms with Crippen LogP contribution < -0.4 is 10.1 Å². The minimum Gasteiger partial charge on any atom is -0.468 e. The Hall–Kier alpha value is -2.65. The van der Waals surface area contributed by atoms with Gasteiger partial charge in [0, 0.05) is 42.7 Å². The summed E-state index contributed by atoms with van der Waals surface area (Å²) in [5.74, 6) is 0.594. The number of anilines is 1. The number of sulfonamides is 1. The molecule has 0 bridgehead atoms. The summed E-state index contributed by atoms with van der Waals surface area (Å²) < 4.78 is 38.0. The van der Waals surface area contributed by atoms with Crippen LogP contribution in [0.1, 0.15) is 18.1 Å². The number of aromatic nitrogens is 1. The van der Waals surface area contributed by atoms with Gasteiger partial charge < -0.3 is 14.8 Å². The number of aryl methyl sites for hydroxylation is 2. The lowest BCUT2D eigenvalue weighted by molar-refractivity contribution is -0.144. The van der Waals surface area contributed by atoms with Crippen molar-refractivity contribution in [3.63, 3.8) is 0 Å². The monoisotopic (exact) mass is 405 g/mol. The normalized spacial score (nSPS) is 17.0. The van der Waals surface area contributed by atoms with Crippen LogP contribution in [0.4, 0.5) is 5.69 Å². The standard InChI is InChI=1S/C19H23N3O5S/c1-12-10-20-11-13(2)18(12)27-15-5-6-17-16(9-15)21-7-8-22(28(17,24)25)14(3)19(23)26-4/h5-6,9-11,14,21H,7-8H2,1-4H3/t14-/m1/s1. The minimum absolute atomic E-state index is 0.0938. The van der Waals surface area contributed by atoms with Crippen molar-refractivity contribution in [2.75, 3.05) is 25.5 Å². The van der Waals surface area contributed by atoms with E-state index in [9.17, 15) is 13.2 Å². The molecule has 0 radical (unpaired) electrons. The van der Waals surface area contributed by atoms with Crippen molar-refractivity contribution in [3.05, 3.63) is 41.7 Å². The second-order valence-electron chi connectivity index (χ2n) is 6.60. The van der Waals surface area contributed by atoms with E-state index in [0.29, 0.717) is 23.7 Å². The number of carbonyl (C=O) groups excluding carboxylic acids is 1. The lowest BCUT2D eigenvalue weighted by Crippen LogP contribution is -2.44. The van der Waals surface area contributed by atoms with Gasteiger partial charge in [-0.15, -0.1) is 0 Å². The van der Waals surface area contributed by atoms with E-state index >= 15 is 0 Å². The molecule has 0 saturated carbocycles. The molecule has 0 spiro atoms. The molecular formula is C19H23N3O5S. The number of esters is 1. The summed E-state index contributed by atoms with van der Waals surface area (Å²) >= 11 is 0. The Labute approximate surface area is 164 Å². The average molecular weight is 405 g/mol. The Morgan fingerprint density at radius 2 is 1.93 bits per heavy atom. The molecule has 0 saturated heterocycles. The summed E-state index contributed by atoms with van der Waals surface area (Å²) in [4.78, 5) is 16.1. The van der Waals surface area contributed by atoms with Gasteiger partial charge in [0.15, 0.2) is 0 Å². The zero-order valence-electron chi connectivity index (χ0n) is 16.2. The molecule has 1 N–H and O–H groups in total. The van der Waals surface area contributed by atoms with Gasteiger partial charge in [0.05, 0.1) is 12.8 Å². The Balaban J connectivity index is 1.97. The van der Waals surface area contributed by atoms with Gasteiger partial charge in [-0.1, -0.05) is 0 Å². The quantitative estimate of drug-likeness (QED) is 0.780. The Kier molecular flexibility index (Phi) is 5.57. The van der Waals surface area contributed by atoms with Crippen LogP contribution in [0.3, 0.4) is 0 Å². The van der Waals surface area contributed by atoms with Crippen LogP contribution in [0.2, 0.25) is 0 Å². The zero-order chi connectivity index (χ0) is 20.5. The van der Waals surface area contributed by atoms with Crippen LogP contribution in [0.15, 0.2) is 35.5 Å². The third kappa shape index (κ3) is 3.67. The van der Waals surface area contributed by atoms with E-state index in [2.05, 4.69) is 10.3 Å². The first-order valence-electron chi connectivity index (χ1n) is 8.82. The molecule has 0 aliphatic carbocycles. The average Bonchev–Trinajstić information content (AvgIpc) is 2.79. The predicted molar refractivity (Wildman–Crippen MR) is 104 cm³/mol. The number of benzene rings is 1. The van der Waals surface area contributed by atoms with Gasteiger partial charge in [0.2, 0.25) is 10.0 Å². The lowest BCUT2D eigenvalue weighted by Gasteiger charge is -2.24. The maximum atomic E-state index is 13.1. The van der Waals surface area contributed by atoms with Gasteiger partial charge in [-0.25, -0.2) is 8.42 Å². The van der Waals surface area contributed by atoms with Gasteiger partial charge in [-0.05, 0) is 32.9 Å². The molecule has 0 amide bonds. The Morgan fingerprint density at radius 1 is 1.25 bits per heavy atom. The number of rotatable bonds is 4. The predicted octanol–water partition coefficient (Wildman–Crippen LogP) is 2.47. The second-order valence-corrected chi connectivity index (χ2v) is 8.46. The molecule has 1 aromatic carbocycles. The van der Waals surface area contributed by atoms with E-state index in [1.165, 1.54) is 20.1 Å². The smallest absolute Gasteiger partial charge is 0.323 e. The van der Waals surface area contributed by atoms with Crippen LogP contribution in [0.5, 0.6) is 11.5 Å². The maximum Gasteiger partial charge on any atom is 0.323 e. The number of carbonyl (C=O) groups is 1. The lowest BCUT2D eigenvalue weighted by atomic mass is 10.2. The van der Waals surface area contributed by atoms with Crippen LogP contribution in [-0.4, -0.2) is 49.9 Å². The van der Waals surface area contributed by atoms with Crippen LogP contribution >= 0.6 is 0 Å². The van der Waals surface area contributed by atoms with Crippen molar-refractivity contribution in [2.45, 2.75) is 31.7 Å². The molecule has 0 fully saturated rings. The number of hydrogen-bond acceptors (Lipinski definition) is 7. The first-order valence-corrected chi connectivity index (χ1v) is 10.3. The van der Waals surface area contributed by atoms with Crippen LogP contribution in [-0.2, 0) is 19.6 Å². The zero-order valence-corrected chi connectivity index (χ0v) is 17.0. The second kappa shape index (κ2) is 7.76. The van der Waals surface area contributed by atoms with Crippen molar-refractivity contribution in [1.29, 1.82) is 0 Å². The largest absolute Gasteiger partial charge is 0.468 e. The molecule has 3 rings (SSSR count). The van der Waals surface area contributed by atoms with E-state index in [4.69, 9.17) is 9.47 Å². The molecular weight excluding hydrogens is 382 g/mol. The molecule has 1 aliphatic rings. The molecule has 2 heterocycles. The summed E-state index contributed by atoms with van der Waals surface area (Å²) in [5, 5.41) is 3.11. The molecule has 9 heteroatoms.